The van der Waals surface area contributed by atoms with Crippen LogP contribution in [-0.2, 0) is 5.75 Å². The summed E-state index contributed by atoms with van der Waals surface area (Å²) in [6, 6.07) is 23.0. The molecule has 0 aliphatic rings. The van der Waals surface area contributed by atoms with Gasteiger partial charge in [0.05, 0.1) is 4.88 Å². The van der Waals surface area contributed by atoms with Crippen molar-refractivity contribution in [1.29, 1.82) is 0 Å². The second kappa shape index (κ2) is 6.55. The van der Waals surface area contributed by atoms with E-state index in [0.29, 0.717) is 0 Å². The van der Waals surface area contributed by atoms with Gasteiger partial charge in [-0.2, -0.15) is 9.61 Å². The number of hydrogen-bond acceptors (Lipinski definition) is 5. The maximum atomic E-state index is 4.75. The van der Waals surface area contributed by atoms with Gasteiger partial charge in [0.15, 0.2) is 11.5 Å². The van der Waals surface area contributed by atoms with E-state index < -0.39 is 0 Å². The molecule has 0 N–H and O–H groups in total. The van der Waals surface area contributed by atoms with Gasteiger partial charge < -0.3 is 0 Å². The van der Waals surface area contributed by atoms with Crippen LogP contribution in [0.15, 0.2) is 77.1 Å². The molecule has 2 aromatic carbocycles. The summed E-state index contributed by atoms with van der Waals surface area (Å²) in [7, 11) is 0. The van der Waals surface area contributed by atoms with Crippen LogP contribution < -0.4 is 0 Å². The number of hydrogen-bond donors (Lipinski definition) is 0. The standard InChI is InChI=1S/C20H14N4S2/c1-2-8-16-14(5-1)6-3-7-15(16)13-26-19-11-10-18-21-22-20(24(18)23-19)17-9-4-12-25-17/h1-12H,13H2. The van der Waals surface area contributed by atoms with Gasteiger partial charge in [-0.25, -0.2) is 0 Å². The molecule has 0 aliphatic carbocycles. The van der Waals surface area contributed by atoms with Crippen molar-refractivity contribution < 1.29 is 0 Å². The lowest BCUT2D eigenvalue weighted by atomic mass is 10.1. The molecule has 0 bridgehead atoms. The SMILES string of the molecule is c1csc(-c2nnc3ccc(SCc4cccc5ccccc45)nn23)c1. The van der Waals surface area contributed by atoms with Crippen molar-refractivity contribution in [3.8, 4) is 10.7 Å². The molecule has 3 aromatic heterocycles. The van der Waals surface area contributed by atoms with Crippen molar-refractivity contribution in [2.75, 3.05) is 0 Å². The third kappa shape index (κ3) is 2.77. The molecule has 0 radical (unpaired) electrons. The molecule has 5 aromatic rings. The summed E-state index contributed by atoms with van der Waals surface area (Å²) in [5.41, 5.74) is 2.08. The largest absolute Gasteiger partial charge is 0.195 e. The van der Waals surface area contributed by atoms with Crippen LogP contribution in [0.4, 0.5) is 0 Å². The second-order valence-electron chi connectivity index (χ2n) is 5.87. The highest BCUT2D eigenvalue weighted by Crippen LogP contribution is 2.28. The third-order valence-corrected chi connectivity index (χ3v) is 6.07. The molecule has 4 nitrogen and oxygen atoms in total. The summed E-state index contributed by atoms with van der Waals surface area (Å²) in [5.74, 6) is 1.67. The van der Waals surface area contributed by atoms with Gasteiger partial charge in [0, 0.05) is 5.75 Å². The monoisotopic (exact) mass is 374 g/mol. The van der Waals surface area contributed by atoms with Gasteiger partial charge in [-0.1, -0.05) is 60.3 Å². The van der Waals surface area contributed by atoms with E-state index in [0.717, 1.165) is 27.1 Å². The third-order valence-electron chi connectivity index (χ3n) is 4.24. The molecule has 0 amide bonds. The zero-order chi connectivity index (χ0) is 17.3. The van der Waals surface area contributed by atoms with Gasteiger partial charge in [-0.3, -0.25) is 0 Å². The Bertz CT molecular complexity index is 1190. The van der Waals surface area contributed by atoms with Gasteiger partial charge in [-0.05, 0) is 39.9 Å². The molecule has 6 heteroatoms. The number of thiophene rings is 1. The summed E-state index contributed by atoms with van der Waals surface area (Å²) in [5, 5.41) is 18.8. The highest BCUT2D eigenvalue weighted by molar-refractivity contribution is 7.98. The quantitative estimate of drug-likeness (QED) is 0.401. The van der Waals surface area contributed by atoms with E-state index in [9.17, 15) is 0 Å². The van der Waals surface area contributed by atoms with Crippen molar-refractivity contribution in [3.63, 3.8) is 0 Å². The molecular weight excluding hydrogens is 360 g/mol. The fourth-order valence-corrected chi connectivity index (χ4v) is 4.53. The predicted octanol–water partition coefficient (Wildman–Crippen LogP) is 5.30. The Balaban J connectivity index is 1.47. The minimum atomic E-state index is 0.767. The number of nitrogens with zero attached hydrogens (tertiary/aromatic N) is 4. The fourth-order valence-electron chi connectivity index (χ4n) is 2.98. The molecule has 0 spiro atoms. The minimum Gasteiger partial charge on any atom is -0.191 e. The summed E-state index contributed by atoms with van der Waals surface area (Å²) in [6.45, 7) is 0. The molecule has 126 valence electrons. The summed E-state index contributed by atoms with van der Waals surface area (Å²) in [4.78, 5) is 1.07. The minimum absolute atomic E-state index is 0.767. The van der Waals surface area contributed by atoms with E-state index in [2.05, 4.69) is 52.7 Å². The predicted molar refractivity (Wildman–Crippen MR) is 108 cm³/mol. The maximum absolute atomic E-state index is 4.75. The van der Waals surface area contributed by atoms with Gasteiger partial charge >= 0.3 is 0 Å². The molecular formula is C20H14N4S2. The molecule has 0 unspecified atom stereocenters. The van der Waals surface area contributed by atoms with E-state index in [1.165, 1.54) is 16.3 Å². The van der Waals surface area contributed by atoms with Crippen LogP contribution in [0.25, 0.3) is 27.1 Å². The van der Waals surface area contributed by atoms with E-state index in [1.54, 1.807) is 23.1 Å². The van der Waals surface area contributed by atoms with Crippen LogP contribution in [-0.4, -0.2) is 19.8 Å². The number of thioether (sulfide) groups is 1. The Morgan fingerprint density at radius 1 is 0.885 bits per heavy atom. The first-order chi connectivity index (χ1) is 12.9. The molecule has 0 aliphatic heterocycles. The van der Waals surface area contributed by atoms with Crippen molar-refractivity contribution in [2.45, 2.75) is 10.8 Å². The molecule has 0 fully saturated rings. The number of aromatic nitrogens is 4. The van der Waals surface area contributed by atoms with Crippen molar-refractivity contribution in [2.24, 2.45) is 0 Å². The van der Waals surface area contributed by atoms with Crippen LogP contribution in [0, 0.1) is 0 Å². The van der Waals surface area contributed by atoms with E-state index >= 15 is 0 Å². The zero-order valence-corrected chi connectivity index (χ0v) is 15.4. The molecule has 0 saturated carbocycles. The van der Waals surface area contributed by atoms with Gasteiger partial charge in [-0.15, -0.1) is 21.5 Å². The summed E-state index contributed by atoms with van der Waals surface area (Å²) < 4.78 is 1.83. The number of rotatable bonds is 4. The van der Waals surface area contributed by atoms with E-state index in [1.807, 2.05) is 34.2 Å². The highest BCUT2D eigenvalue weighted by atomic mass is 32.2. The molecule has 3 heterocycles. The van der Waals surface area contributed by atoms with Crippen LogP contribution in [0.1, 0.15) is 5.56 Å². The summed E-state index contributed by atoms with van der Waals surface area (Å²) in [6.07, 6.45) is 0. The molecule has 5 rings (SSSR count). The molecule has 0 atom stereocenters. The lowest BCUT2D eigenvalue weighted by Crippen LogP contribution is -1.96. The second-order valence-corrected chi connectivity index (χ2v) is 7.81. The van der Waals surface area contributed by atoms with Gasteiger partial charge in [0.2, 0.25) is 0 Å². The Morgan fingerprint density at radius 2 is 1.81 bits per heavy atom. The number of fused-ring (bicyclic) bond motifs is 2. The molecule has 26 heavy (non-hydrogen) atoms. The van der Waals surface area contributed by atoms with Crippen molar-refractivity contribution in [3.05, 3.63) is 77.7 Å². The van der Waals surface area contributed by atoms with Crippen LogP contribution in [0.2, 0.25) is 0 Å². The average molecular weight is 374 g/mol. The lowest BCUT2D eigenvalue weighted by Gasteiger charge is -2.06. The van der Waals surface area contributed by atoms with Crippen molar-refractivity contribution >= 4 is 39.5 Å². The Kier molecular flexibility index (Phi) is 3.92. The van der Waals surface area contributed by atoms with Gasteiger partial charge in [0.1, 0.15) is 5.03 Å². The Morgan fingerprint density at radius 3 is 2.73 bits per heavy atom. The summed E-state index contributed by atoms with van der Waals surface area (Å²) >= 11 is 3.37. The zero-order valence-electron chi connectivity index (χ0n) is 13.7. The first-order valence-electron chi connectivity index (χ1n) is 8.24. The van der Waals surface area contributed by atoms with Crippen LogP contribution >= 0.6 is 23.1 Å². The van der Waals surface area contributed by atoms with Crippen LogP contribution in [0.3, 0.4) is 0 Å². The highest BCUT2D eigenvalue weighted by Gasteiger charge is 2.11. The fraction of sp³-hybridized carbons (Fsp3) is 0.0500. The average Bonchev–Trinajstić information content (AvgIpc) is 3.35. The topological polar surface area (TPSA) is 43.1 Å². The number of benzene rings is 2. The smallest absolute Gasteiger partial charge is 0.191 e. The Hall–Kier alpha value is -2.70. The first-order valence-corrected chi connectivity index (χ1v) is 10.1. The Labute approximate surface area is 158 Å². The maximum Gasteiger partial charge on any atom is 0.195 e. The first kappa shape index (κ1) is 15.5. The van der Waals surface area contributed by atoms with E-state index in [-0.39, 0.29) is 0 Å². The lowest BCUT2D eigenvalue weighted by molar-refractivity contribution is 0.862. The normalized spacial score (nSPS) is 11.4. The van der Waals surface area contributed by atoms with Crippen molar-refractivity contribution in [1.82, 2.24) is 19.8 Å². The van der Waals surface area contributed by atoms with Crippen LogP contribution in [0.5, 0.6) is 0 Å². The molecule has 0 saturated heterocycles. The van der Waals surface area contributed by atoms with E-state index in [4.69, 9.17) is 5.10 Å². The van der Waals surface area contributed by atoms with Gasteiger partial charge in [0.25, 0.3) is 0 Å².